The van der Waals surface area contributed by atoms with Gasteiger partial charge in [0.1, 0.15) is 0 Å². The van der Waals surface area contributed by atoms with Gasteiger partial charge in [-0.25, -0.2) is 0 Å². The lowest BCUT2D eigenvalue weighted by Gasteiger charge is -2.36. The number of hydrogen-bond donors (Lipinski definition) is 3. The van der Waals surface area contributed by atoms with Gasteiger partial charge in [0.25, 0.3) is 0 Å². The zero-order valence-corrected chi connectivity index (χ0v) is 17.7. The minimum absolute atomic E-state index is 0.0270. The van der Waals surface area contributed by atoms with Gasteiger partial charge in [-0.05, 0) is 38.5 Å². The number of amides is 1. The van der Waals surface area contributed by atoms with E-state index in [2.05, 4.69) is 32.8 Å². The number of nitrogens with zero attached hydrogens (tertiary/aromatic N) is 2. The van der Waals surface area contributed by atoms with Gasteiger partial charge in [-0.2, -0.15) is 0 Å². The molecule has 27 heavy (non-hydrogen) atoms. The molecule has 0 aromatic heterocycles. The molecule has 1 aliphatic heterocycles. The zero-order valence-electron chi connectivity index (χ0n) is 17.7. The quantitative estimate of drug-likeness (QED) is 0.344. The zero-order chi connectivity index (χ0) is 19.5. The molecule has 1 saturated carbocycles. The first-order valence-electron chi connectivity index (χ1n) is 11.1. The summed E-state index contributed by atoms with van der Waals surface area (Å²) in [4.78, 5) is 18.9. The number of carbonyl (C=O) groups is 1. The van der Waals surface area contributed by atoms with E-state index in [-0.39, 0.29) is 11.8 Å². The number of rotatable bonds is 8. The lowest BCUT2D eigenvalue weighted by atomic mass is 9.88. The molecule has 156 valence electrons. The molecular weight excluding hydrogens is 338 g/mol. The molecule has 0 unspecified atom stereocenters. The summed E-state index contributed by atoms with van der Waals surface area (Å²) in [6.07, 6.45) is 9.54. The smallest absolute Gasteiger partial charge is 0.222 e. The van der Waals surface area contributed by atoms with Crippen molar-refractivity contribution in [3.8, 4) is 0 Å². The van der Waals surface area contributed by atoms with Crippen LogP contribution in [-0.2, 0) is 4.79 Å². The Labute approximate surface area is 165 Å². The van der Waals surface area contributed by atoms with Crippen LogP contribution in [0, 0.1) is 11.8 Å². The number of nitrogens with one attached hydrogen (secondary N) is 3. The van der Waals surface area contributed by atoms with Gasteiger partial charge in [0.15, 0.2) is 5.96 Å². The second-order valence-corrected chi connectivity index (χ2v) is 8.43. The lowest BCUT2D eigenvalue weighted by Crippen LogP contribution is -2.49. The normalized spacial score (nSPS) is 20.7. The summed E-state index contributed by atoms with van der Waals surface area (Å²) in [5.41, 5.74) is 0. The standard InChI is InChI=1S/C21H41N5O/c1-4-22-21(24-13-12-23-20(27)17(2)3)25-19-10-14-26(15-11-19)16-18-8-6-5-7-9-18/h17-19H,4-16H2,1-3H3,(H,23,27)(H2,22,24,25). The third-order valence-electron chi connectivity index (χ3n) is 5.72. The Bertz CT molecular complexity index is 451. The average molecular weight is 380 g/mol. The predicted octanol–water partition coefficient (Wildman–Crippen LogP) is 2.36. The van der Waals surface area contributed by atoms with E-state index in [1.54, 1.807) is 0 Å². The Hall–Kier alpha value is -1.30. The Morgan fingerprint density at radius 1 is 1.07 bits per heavy atom. The molecule has 0 aromatic rings. The molecule has 3 N–H and O–H groups in total. The van der Waals surface area contributed by atoms with Crippen molar-refractivity contribution >= 4 is 11.9 Å². The largest absolute Gasteiger partial charge is 0.357 e. The predicted molar refractivity (Wildman–Crippen MR) is 113 cm³/mol. The van der Waals surface area contributed by atoms with Crippen molar-refractivity contribution in [2.24, 2.45) is 16.8 Å². The molecule has 0 bridgehead atoms. The van der Waals surface area contributed by atoms with Crippen LogP contribution in [0.3, 0.4) is 0 Å². The topological polar surface area (TPSA) is 68.8 Å². The molecule has 2 aliphatic rings. The highest BCUT2D eigenvalue weighted by molar-refractivity contribution is 5.80. The van der Waals surface area contributed by atoms with Crippen LogP contribution in [0.2, 0.25) is 0 Å². The van der Waals surface area contributed by atoms with Gasteiger partial charge < -0.3 is 20.9 Å². The molecule has 1 amide bonds. The lowest BCUT2D eigenvalue weighted by molar-refractivity contribution is -0.123. The van der Waals surface area contributed by atoms with E-state index in [1.807, 2.05) is 13.8 Å². The fourth-order valence-corrected chi connectivity index (χ4v) is 4.06. The molecule has 1 heterocycles. The minimum Gasteiger partial charge on any atom is -0.357 e. The van der Waals surface area contributed by atoms with Crippen LogP contribution in [-0.4, -0.2) is 62.1 Å². The highest BCUT2D eigenvalue weighted by Gasteiger charge is 2.23. The molecule has 0 spiro atoms. The first-order valence-corrected chi connectivity index (χ1v) is 11.1. The summed E-state index contributed by atoms with van der Waals surface area (Å²) >= 11 is 0. The first-order chi connectivity index (χ1) is 13.1. The van der Waals surface area contributed by atoms with Crippen LogP contribution in [0.5, 0.6) is 0 Å². The monoisotopic (exact) mass is 379 g/mol. The van der Waals surface area contributed by atoms with Crippen molar-refractivity contribution in [2.45, 2.75) is 71.8 Å². The minimum atomic E-state index is 0.0270. The highest BCUT2D eigenvalue weighted by atomic mass is 16.1. The van der Waals surface area contributed by atoms with Gasteiger partial charge in [-0.3, -0.25) is 9.79 Å². The second-order valence-electron chi connectivity index (χ2n) is 8.43. The van der Waals surface area contributed by atoms with Crippen LogP contribution in [0.1, 0.15) is 65.7 Å². The third kappa shape index (κ3) is 8.50. The van der Waals surface area contributed by atoms with E-state index in [0.29, 0.717) is 19.1 Å². The summed E-state index contributed by atoms with van der Waals surface area (Å²) in [5.74, 6) is 1.93. The van der Waals surface area contributed by atoms with E-state index in [4.69, 9.17) is 0 Å². The van der Waals surface area contributed by atoms with Crippen molar-refractivity contribution in [3.05, 3.63) is 0 Å². The maximum absolute atomic E-state index is 11.6. The molecule has 6 heteroatoms. The van der Waals surface area contributed by atoms with Crippen molar-refractivity contribution in [3.63, 3.8) is 0 Å². The van der Waals surface area contributed by atoms with E-state index in [1.165, 1.54) is 64.6 Å². The number of hydrogen-bond acceptors (Lipinski definition) is 3. The number of aliphatic imine (C=N–C) groups is 1. The third-order valence-corrected chi connectivity index (χ3v) is 5.72. The Kier molecular flexibility index (Phi) is 9.95. The number of carbonyl (C=O) groups excluding carboxylic acids is 1. The highest BCUT2D eigenvalue weighted by Crippen LogP contribution is 2.25. The van der Waals surface area contributed by atoms with E-state index in [9.17, 15) is 4.79 Å². The Morgan fingerprint density at radius 2 is 1.78 bits per heavy atom. The summed E-state index contributed by atoms with van der Waals surface area (Å²) in [7, 11) is 0. The molecule has 1 saturated heterocycles. The van der Waals surface area contributed by atoms with E-state index in [0.717, 1.165) is 18.4 Å². The number of guanidine groups is 1. The fraction of sp³-hybridized carbons (Fsp3) is 0.905. The fourth-order valence-electron chi connectivity index (χ4n) is 4.06. The van der Waals surface area contributed by atoms with E-state index >= 15 is 0 Å². The van der Waals surface area contributed by atoms with Gasteiger partial charge >= 0.3 is 0 Å². The average Bonchev–Trinajstić information content (AvgIpc) is 2.67. The van der Waals surface area contributed by atoms with Crippen LogP contribution < -0.4 is 16.0 Å². The second kappa shape index (κ2) is 12.2. The maximum atomic E-state index is 11.6. The van der Waals surface area contributed by atoms with Crippen LogP contribution in [0.4, 0.5) is 0 Å². The molecule has 1 aliphatic carbocycles. The van der Waals surface area contributed by atoms with Crippen LogP contribution in [0.15, 0.2) is 4.99 Å². The molecule has 0 radical (unpaired) electrons. The molecule has 6 nitrogen and oxygen atoms in total. The van der Waals surface area contributed by atoms with Crippen LogP contribution in [0.25, 0.3) is 0 Å². The Morgan fingerprint density at radius 3 is 2.41 bits per heavy atom. The summed E-state index contributed by atoms with van der Waals surface area (Å²) in [5, 5.41) is 9.84. The molecule has 0 aromatic carbocycles. The molecule has 2 fully saturated rings. The van der Waals surface area contributed by atoms with Gasteiger partial charge in [-0.15, -0.1) is 0 Å². The van der Waals surface area contributed by atoms with Crippen LogP contribution >= 0.6 is 0 Å². The van der Waals surface area contributed by atoms with Crippen molar-refractivity contribution < 1.29 is 4.79 Å². The van der Waals surface area contributed by atoms with E-state index < -0.39 is 0 Å². The van der Waals surface area contributed by atoms with Crippen molar-refractivity contribution in [1.82, 2.24) is 20.9 Å². The summed E-state index contributed by atoms with van der Waals surface area (Å²) in [6, 6.07) is 0.496. The van der Waals surface area contributed by atoms with Gasteiger partial charge in [0.05, 0.1) is 6.54 Å². The van der Waals surface area contributed by atoms with Gasteiger partial charge in [0, 0.05) is 44.7 Å². The van der Waals surface area contributed by atoms with Gasteiger partial charge in [0.2, 0.25) is 5.91 Å². The summed E-state index contributed by atoms with van der Waals surface area (Å²) in [6.45, 7) is 11.6. The molecule has 2 rings (SSSR count). The number of piperidine rings is 1. The van der Waals surface area contributed by atoms with Crippen molar-refractivity contribution in [1.29, 1.82) is 0 Å². The maximum Gasteiger partial charge on any atom is 0.222 e. The van der Waals surface area contributed by atoms with Gasteiger partial charge in [-0.1, -0.05) is 33.1 Å². The Balaban J connectivity index is 1.68. The first kappa shape index (κ1) is 22.0. The SMILES string of the molecule is CCNC(=NCCNC(=O)C(C)C)NC1CCN(CC2CCCCC2)CC1. The summed E-state index contributed by atoms with van der Waals surface area (Å²) < 4.78 is 0. The van der Waals surface area contributed by atoms with Crippen molar-refractivity contribution in [2.75, 3.05) is 39.3 Å². The molecule has 0 atom stereocenters. The number of likely N-dealkylation sites (tertiary alicyclic amines) is 1. The molecular formula is C21H41N5O.